The van der Waals surface area contributed by atoms with Crippen LogP contribution in [0.2, 0.25) is 0 Å². The molecular formula is C7H12O. The first-order valence-electron chi connectivity index (χ1n) is 2.84. The lowest BCUT2D eigenvalue weighted by Crippen LogP contribution is -1.81. The number of aldehydes is 1. The zero-order valence-corrected chi connectivity index (χ0v) is 5.69. The van der Waals surface area contributed by atoms with E-state index in [1.165, 1.54) is 5.57 Å². The zero-order valence-electron chi connectivity index (χ0n) is 5.69. The van der Waals surface area contributed by atoms with Crippen molar-refractivity contribution < 1.29 is 4.79 Å². The fourth-order valence-electron chi connectivity index (χ4n) is 0.379. The van der Waals surface area contributed by atoms with Crippen LogP contribution in [-0.2, 0) is 4.79 Å². The third-order valence-electron chi connectivity index (χ3n) is 1.38. The molecule has 0 aliphatic carbocycles. The van der Waals surface area contributed by atoms with Crippen molar-refractivity contribution in [3.63, 3.8) is 0 Å². The van der Waals surface area contributed by atoms with Crippen molar-refractivity contribution in [2.75, 3.05) is 0 Å². The minimum Gasteiger partial charge on any atom is -0.298 e. The van der Waals surface area contributed by atoms with Gasteiger partial charge in [0.25, 0.3) is 0 Å². The predicted octanol–water partition coefficient (Wildman–Crippen LogP) is 1.93. The monoisotopic (exact) mass is 112 g/mol. The van der Waals surface area contributed by atoms with E-state index in [0.29, 0.717) is 0 Å². The van der Waals surface area contributed by atoms with Gasteiger partial charge in [0.1, 0.15) is 6.29 Å². The summed E-state index contributed by atoms with van der Waals surface area (Å²) in [6.07, 6.45) is 1.88. The molecule has 0 rings (SSSR count). The van der Waals surface area contributed by atoms with Crippen molar-refractivity contribution in [2.45, 2.75) is 27.2 Å². The minimum absolute atomic E-state index is 0.868. The molecule has 0 aromatic carbocycles. The summed E-state index contributed by atoms with van der Waals surface area (Å²) in [5.41, 5.74) is 2.05. The molecule has 0 aliphatic rings. The summed E-state index contributed by atoms with van der Waals surface area (Å²) in [5.74, 6) is 0. The molecule has 0 spiro atoms. The molecule has 0 aromatic rings. The predicted molar refractivity (Wildman–Crippen MR) is 34.7 cm³/mol. The van der Waals surface area contributed by atoms with Crippen LogP contribution in [0.1, 0.15) is 27.2 Å². The van der Waals surface area contributed by atoms with Gasteiger partial charge in [-0.15, -0.1) is 0 Å². The molecule has 0 heterocycles. The molecule has 8 heavy (non-hydrogen) atoms. The quantitative estimate of drug-likeness (QED) is 0.394. The van der Waals surface area contributed by atoms with Crippen LogP contribution < -0.4 is 0 Å². The molecule has 0 radical (unpaired) electrons. The van der Waals surface area contributed by atoms with Gasteiger partial charge in [0.05, 0.1) is 0 Å². The van der Waals surface area contributed by atoms with E-state index >= 15 is 0 Å². The van der Waals surface area contributed by atoms with Crippen LogP contribution >= 0.6 is 0 Å². The summed E-state index contributed by atoms with van der Waals surface area (Å²) >= 11 is 0. The van der Waals surface area contributed by atoms with Crippen LogP contribution in [0.3, 0.4) is 0 Å². The third kappa shape index (κ3) is 1.92. The van der Waals surface area contributed by atoms with E-state index in [-0.39, 0.29) is 0 Å². The van der Waals surface area contributed by atoms with Crippen LogP contribution in [0.15, 0.2) is 11.1 Å². The molecule has 0 saturated carbocycles. The molecule has 0 amide bonds. The first-order valence-corrected chi connectivity index (χ1v) is 2.84. The molecule has 0 atom stereocenters. The fraction of sp³-hybridized carbons (Fsp3) is 0.571. The second kappa shape index (κ2) is 3.42. The first-order chi connectivity index (χ1) is 3.72. The number of allylic oxidation sites excluding steroid dienone is 2. The lowest BCUT2D eigenvalue weighted by Gasteiger charge is -1.93. The Hall–Kier alpha value is -0.590. The number of hydrogen-bond acceptors (Lipinski definition) is 1. The van der Waals surface area contributed by atoms with Crippen molar-refractivity contribution in [2.24, 2.45) is 0 Å². The van der Waals surface area contributed by atoms with E-state index in [1.807, 2.05) is 20.8 Å². The van der Waals surface area contributed by atoms with Crippen molar-refractivity contribution in [1.29, 1.82) is 0 Å². The topological polar surface area (TPSA) is 17.1 Å². The SMILES string of the molecule is CC/C(C)=C(\C)C=O. The average Bonchev–Trinajstić information content (AvgIpc) is 1.84. The standard InChI is InChI=1S/C7H12O/c1-4-6(2)7(3)5-8/h5H,4H2,1-3H3/b7-6+. The molecule has 0 fully saturated rings. The van der Waals surface area contributed by atoms with Crippen LogP contribution in [0.4, 0.5) is 0 Å². The van der Waals surface area contributed by atoms with Gasteiger partial charge in [-0.2, -0.15) is 0 Å². The number of rotatable bonds is 2. The molecule has 0 bridgehead atoms. The highest BCUT2D eigenvalue weighted by molar-refractivity contribution is 5.73. The Morgan fingerprint density at radius 3 is 2.12 bits per heavy atom. The number of carbonyl (C=O) groups is 1. The van der Waals surface area contributed by atoms with Gasteiger partial charge in [0, 0.05) is 0 Å². The Bertz CT molecular complexity index is 112. The van der Waals surface area contributed by atoms with Crippen LogP contribution in [0.25, 0.3) is 0 Å². The highest BCUT2D eigenvalue weighted by atomic mass is 16.1. The Morgan fingerprint density at radius 1 is 1.50 bits per heavy atom. The van der Waals surface area contributed by atoms with Gasteiger partial charge in [0.15, 0.2) is 0 Å². The average molecular weight is 112 g/mol. The Kier molecular flexibility index (Phi) is 3.16. The highest BCUT2D eigenvalue weighted by Gasteiger charge is 1.88. The molecule has 0 unspecified atom stereocenters. The van der Waals surface area contributed by atoms with Gasteiger partial charge in [-0.05, 0) is 25.8 Å². The molecule has 0 saturated heterocycles. The van der Waals surface area contributed by atoms with E-state index in [0.717, 1.165) is 18.3 Å². The normalized spacial score (nSPS) is 12.9. The van der Waals surface area contributed by atoms with Crippen LogP contribution in [-0.4, -0.2) is 6.29 Å². The lowest BCUT2D eigenvalue weighted by atomic mass is 10.1. The van der Waals surface area contributed by atoms with Crippen molar-refractivity contribution in [1.82, 2.24) is 0 Å². The van der Waals surface area contributed by atoms with Crippen molar-refractivity contribution in [3.8, 4) is 0 Å². The van der Waals surface area contributed by atoms with Crippen molar-refractivity contribution >= 4 is 6.29 Å². The summed E-state index contributed by atoms with van der Waals surface area (Å²) < 4.78 is 0. The smallest absolute Gasteiger partial charge is 0.145 e. The molecule has 0 aliphatic heterocycles. The lowest BCUT2D eigenvalue weighted by molar-refractivity contribution is -0.104. The summed E-state index contributed by atoms with van der Waals surface area (Å²) in [6.45, 7) is 5.86. The second-order valence-electron chi connectivity index (χ2n) is 1.93. The number of hydrogen-bond donors (Lipinski definition) is 0. The van der Waals surface area contributed by atoms with Crippen molar-refractivity contribution in [3.05, 3.63) is 11.1 Å². The van der Waals surface area contributed by atoms with Gasteiger partial charge < -0.3 is 0 Å². The van der Waals surface area contributed by atoms with E-state index in [2.05, 4.69) is 0 Å². The Labute approximate surface area is 50.4 Å². The molecule has 1 nitrogen and oxygen atoms in total. The number of carbonyl (C=O) groups excluding carboxylic acids is 1. The summed E-state index contributed by atoms with van der Waals surface area (Å²) in [7, 11) is 0. The van der Waals surface area contributed by atoms with Gasteiger partial charge in [-0.3, -0.25) is 4.79 Å². The van der Waals surface area contributed by atoms with E-state index < -0.39 is 0 Å². The fourth-order valence-corrected chi connectivity index (χ4v) is 0.379. The Morgan fingerprint density at radius 2 is 2.00 bits per heavy atom. The van der Waals surface area contributed by atoms with Gasteiger partial charge in [-0.1, -0.05) is 12.5 Å². The summed E-state index contributed by atoms with van der Waals surface area (Å²) in [5, 5.41) is 0. The third-order valence-corrected chi connectivity index (χ3v) is 1.38. The summed E-state index contributed by atoms with van der Waals surface area (Å²) in [4.78, 5) is 10.0. The molecular weight excluding hydrogens is 100 g/mol. The second-order valence-corrected chi connectivity index (χ2v) is 1.93. The maximum absolute atomic E-state index is 10.0. The van der Waals surface area contributed by atoms with E-state index in [4.69, 9.17) is 0 Å². The molecule has 0 N–H and O–H groups in total. The zero-order chi connectivity index (χ0) is 6.57. The minimum atomic E-state index is 0.868. The summed E-state index contributed by atoms with van der Waals surface area (Å²) in [6, 6.07) is 0. The van der Waals surface area contributed by atoms with Gasteiger partial charge in [0.2, 0.25) is 0 Å². The molecule has 46 valence electrons. The first kappa shape index (κ1) is 7.41. The van der Waals surface area contributed by atoms with Crippen LogP contribution in [0.5, 0.6) is 0 Å². The maximum atomic E-state index is 10.0. The largest absolute Gasteiger partial charge is 0.298 e. The molecule has 0 aromatic heterocycles. The highest BCUT2D eigenvalue weighted by Crippen LogP contribution is 2.02. The Balaban J connectivity index is 4.03. The maximum Gasteiger partial charge on any atom is 0.145 e. The van der Waals surface area contributed by atoms with Crippen LogP contribution in [0, 0.1) is 0 Å². The van der Waals surface area contributed by atoms with E-state index in [1.54, 1.807) is 0 Å². The van der Waals surface area contributed by atoms with E-state index in [9.17, 15) is 4.79 Å². The van der Waals surface area contributed by atoms with Gasteiger partial charge in [-0.25, -0.2) is 0 Å². The van der Waals surface area contributed by atoms with Gasteiger partial charge >= 0.3 is 0 Å². The molecule has 1 heteroatoms.